The molecule has 0 spiro atoms. The maximum absolute atomic E-state index is 5.85. The third-order valence-corrected chi connectivity index (χ3v) is 3.91. The van der Waals surface area contributed by atoms with Crippen molar-refractivity contribution in [3.8, 4) is 0 Å². The van der Waals surface area contributed by atoms with E-state index in [0.29, 0.717) is 5.92 Å². The van der Waals surface area contributed by atoms with Crippen LogP contribution in [-0.4, -0.2) is 18.1 Å². The minimum Gasteiger partial charge on any atom is -0.445 e. The highest BCUT2D eigenvalue weighted by molar-refractivity contribution is 5.03. The second-order valence-corrected chi connectivity index (χ2v) is 5.21. The number of rotatable bonds is 3. The number of hydrogen-bond donors (Lipinski definition) is 1. The summed E-state index contributed by atoms with van der Waals surface area (Å²) in [6.45, 7) is 2.32. The molecule has 3 rings (SSSR count). The number of nitrogens with one attached hydrogen (secondary N) is 1. The number of oxazole rings is 1. The molecule has 1 aromatic rings. The van der Waals surface area contributed by atoms with Crippen LogP contribution >= 0.6 is 0 Å². The monoisotopic (exact) mass is 220 g/mol. The standard InChI is InChI=1S/C13H20N2O/c1-4-11(5-1)13-15-9-12(16-13)7-10-3-2-6-14-8-10/h9-11,14H,1-8H2. The van der Waals surface area contributed by atoms with Crippen molar-refractivity contribution in [1.82, 2.24) is 10.3 Å². The summed E-state index contributed by atoms with van der Waals surface area (Å²) in [4.78, 5) is 4.42. The molecule has 1 saturated carbocycles. The van der Waals surface area contributed by atoms with E-state index in [9.17, 15) is 0 Å². The fraction of sp³-hybridized carbons (Fsp3) is 0.769. The largest absolute Gasteiger partial charge is 0.445 e. The van der Waals surface area contributed by atoms with E-state index in [1.807, 2.05) is 6.20 Å². The van der Waals surface area contributed by atoms with Gasteiger partial charge in [0.25, 0.3) is 0 Å². The molecular formula is C13H20N2O. The van der Waals surface area contributed by atoms with Crippen LogP contribution in [0.3, 0.4) is 0 Å². The average molecular weight is 220 g/mol. The highest BCUT2D eigenvalue weighted by atomic mass is 16.4. The summed E-state index contributed by atoms with van der Waals surface area (Å²) in [5.74, 6) is 3.45. The lowest BCUT2D eigenvalue weighted by molar-refractivity contribution is 0.306. The molecule has 1 unspecified atom stereocenters. The lowest BCUT2D eigenvalue weighted by atomic mass is 9.85. The Morgan fingerprint density at radius 2 is 2.25 bits per heavy atom. The maximum Gasteiger partial charge on any atom is 0.197 e. The smallest absolute Gasteiger partial charge is 0.197 e. The van der Waals surface area contributed by atoms with Gasteiger partial charge in [-0.3, -0.25) is 0 Å². The lowest BCUT2D eigenvalue weighted by Gasteiger charge is -2.22. The fourth-order valence-electron chi connectivity index (χ4n) is 2.64. The highest BCUT2D eigenvalue weighted by Gasteiger charge is 2.24. The summed E-state index contributed by atoms with van der Waals surface area (Å²) in [7, 11) is 0. The van der Waals surface area contributed by atoms with Crippen LogP contribution in [0.25, 0.3) is 0 Å². The normalized spacial score (nSPS) is 26.6. The molecule has 3 nitrogen and oxygen atoms in total. The van der Waals surface area contributed by atoms with Crippen LogP contribution in [-0.2, 0) is 6.42 Å². The SMILES string of the molecule is c1nc(C2CCC2)oc1CC1CCCNC1. The summed E-state index contributed by atoms with van der Waals surface area (Å²) in [6, 6.07) is 0. The molecule has 0 bridgehead atoms. The molecular weight excluding hydrogens is 200 g/mol. The molecule has 88 valence electrons. The maximum atomic E-state index is 5.85. The average Bonchev–Trinajstić information content (AvgIpc) is 2.65. The van der Waals surface area contributed by atoms with E-state index in [2.05, 4.69) is 10.3 Å². The topological polar surface area (TPSA) is 38.1 Å². The first-order valence-electron chi connectivity index (χ1n) is 6.57. The van der Waals surface area contributed by atoms with Crippen molar-refractivity contribution in [3.63, 3.8) is 0 Å². The Labute approximate surface area is 96.6 Å². The van der Waals surface area contributed by atoms with Gasteiger partial charge in [-0.1, -0.05) is 6.42 Å². The number of aromatic nitrogens is 1. The first-order chi connectivity index (χ1) is 7.92. The Balaban J connectivity index is 1.58. The molecule has 1 aliphatic heterocycles. The van der Waals surface area contributed by atoms with Crippen LogP contribution < -0.4 is 5.32 Å². The van der Waals surface area contributed by atoms with Crippen LogP contribution in [0.2, 0.25) is 0 Å². The van der Waals surface area contributed by atoms with Crippen LogP contribution in [0, 0.1) is 5.92 Å². The van der Waals surface area contributed by atoms with E-state index in [4.69, 9.17) is 4.42 Å². The van der Waals surface area contributed by atoms with E-state index >= 15 is 0 Å². The van der Waals surface area contributed by atoms with Crippen molar-refractivity contribution in [1.29, 1.82) is 0 Å². The predicted molar refractivity (Wildman–Crippen MR) is 62.4 cm³/mol. The number of nitrogens with zero attached hydrogens (tertiary/aromatic N) is 1. The zero-order valence-electron chi connectivity index (χ0n) is 9.74. The van der Waals surface area contributed by atoms with Gasteiger partial charge in [-0.15, -0.1) is 0 Å². The number of piperidine rings is 1. The molecule has 1 aliphatic carbocycles. The molecule has 3 heteroatoms. The quantitative estimate of drug-likeness (QED) is 0.850. The van der Waals surface area contributed by atoms with Crippen molar-refractivity contribution in [2.75, 3.05) is 13.1 Å². The summed E-state index contributed by atoms with van der Waals surface area (Å²) in [6.07, 6.45) is 9.51. The Morgan fingerprint density at radius 3 is 2.94 bits per heavy atom. The number of hydrogen-bond acceptors (Lipinski definition) is 3. The Bertz CT molecular complexity index is 337. The van der Waals surface area contributed by atoms with Gasteiger partial charge in [0.1, 0.15) is 5.76 Å². The summed E-state index contributed by atoms with van der Waals surface area (Å²) in [5, 5.41) is 3.44. The predicted octanol–water partition coefficient (Wildman–Crippen LogP) is 2.48. The molecule has 16 heavy (non-hydrogen) atoms. The van der Waals surface area contributed by atoms with Crippen LogP contribution in [0.4, 0.5) is 0 Å². The first-order valence-corrected chi connectivity index (χ1v) is 6.57. The first kappa shape index (κ1) is 10.3. The van der Waals surface area contributed by atoms with E-state index in [0.717, 1.165) is 30.5 Å². The molecule has 2 fully saturated rings. The van der Waals surface area contributed by atoms with Gasteiger partial charge in [-0.25, -0.2) is 4.98 Å². The molecule has 1 aromatic heterocycles. The van der Waals surface area contributed by atoms with Crippen molar-refractivity contribution in [3.05, 3.63) is 17.8 Å². The van der Waals surface area contributed by atoms with E-state index < -0.39 is 0 Å². The van der Waals surface area contributed by atoms with Gasteiger partial charge in [-0.2, -0.15) is 0 Å². The van der Waals surface area contributed by atoms with Crippen molar-refractivity contribution in [2.45, 2.75) is 44.4 Å². The van der Waals surface area contributed by atoms with Crippen LogP contribution in [0.1, 0.15) is 49.7 Å². The molecule has 2 aliphatic rings. The summed E-state index contributed by atoms with van der Waals surface area (Å²) < 4.78 is 5.85. The minimum atomic E-state index is 0.623. The van der Waals surface area contributed by atoms with Crippen LogP contribution in [0.15, 0.2) is 10.6 Å². The van der Waals surface area contributed by atoms with Gasteiger partial charge >= 0.3 is 0 Å². The van der Waals surface area contributed by atoms with Crippen LogP contribution in [0.5, 0.6) is 0 Å². The van der Waals surface area contributed by atoms with Gasteiger partial charge in [0.05, 0.1) is 6.20 Å². The second-order valence-electron chi connectivity index (χ2n) is 5.21. The second kappa shape index (κ2) is 4.58. The Hall–Kier alpha value is -0.830. The molecule has 1 N–H and O–H groups in total. The van der Waals surface area contributed by atoms with Crippen molar-refractivity contribution < 1.29 is 4.42 Å². The Kier molecular flexibility index (Phi) is 2.96. The van der Waals surface area contributed by atoms with E-state index in [1.54, 1.807) is 0 Å². The van der Waals surface area contributed by atoms with Gasteiger partial charge in [0.15, 0.2) is 5.89 Å². The van der Waals surface area contributed by atoms with E-state index in [-0.39, 0.29) is 0 Å². The minimum absolute atomic E-state index is 0.623. The summed E-state index contributed by atoms with van der Waals surface area (Å²) in [5.41, 5.74) is 0. The van der Waals surface area contributed by atoms with Gasteiger partial charge in [-0.05, 0) is 44.7 Å². The van der Waals surface area contributed by atoms with Gasteiger partial charge < -0.3 is 9.73 Å². The third-order valence-electron chi connectivity index (χ3n) is 3.91. The van der Waals surface area contributed by atoms with Crippen molar-refractivity contribution in [2.24, 2.45) is 5.92 Å². The fourth-order valence-corrected chi connectivity index (χ4v) is 2.64. The third kappa shape index (κ3) is 2.14. The molecule has 0 radical (unpaired) electrons. The lowest BCUT2D eigenvalue weighted by Crippen LogP contribution is -2.30. The highest BCUT2D eigenvalue weighted by Crippen LogP contribution is 2.36. The van der Waals surface area contributed by atoms with Gasteiger partial charge in [0, 0.05) is 12.3 Å². The molecule has 0 amide bonds. The van der Waals surface area contributed by atoms with E-state index in [1.165, 1.54) is 38.6 Å². The molecule has 1 atom stereocenters. The summed E-state index contributed by atoms with van der Waals surface area (Å²) >= 11 is 0. The molecule has 0 aromatic carbocycles. The Morgan fingerprint density at radius 1 is 1.31 bits per heavy atom. The van der Waals surface area contributed by atoms with Gasteiger partial charge in [0.2, 0.25) is 0 Å². The zero-order chi connectivity index (χ0) is 10.8. The van der Waals surface area contributed by atoms with Crippen molar-refractivity contribution >= 4 is 0 Å². The molecule has 1 saturated heterocycles. The molecule has 2 heterocycles. The zero-order valence-corrected chi connectivity index (χ0v) is 9.74.